The van der Waals surface area contributed by atoms with Gasteiger partial charge in [0.25, 0.3) is 5.91 Å². The number of hydrogen-bond acceptors (Lipinski definition) is 5. The number of benzene rings is 1. The molecule has 0 aliphatic rings. The molecule has 108 valence electrons. The number of amides is 1. The van der Waals surface area contributed by atoms with Gasteiger partial charge in [0.2, 0.25) is 0 Å². The Morgan fingerprint density at radius 1 is 1.33 bits per heavy atom. The maximum atomic E-state index is 12.3. The van der Waals surface area contributed by atoms with Gasteiger partial charge in [0.05, 0.1) is 11.9 Å². The summed E-state index contributed by atoms with van der Waals surface area (Å²) in [5, 5.41) is 11.6. The Bertz CT molecular complexity index is 682. The molecule has 0 spiro atoms. The summed E-state index contributed by atoms with van der Waals surface area (Å²) in [6, 6.07) is 6.79. The number of nitrogens with zero attached hydrogens (tertiary/aromatic N) is 4. The van der Waals surface area contributed by atoms with Crippen molar-refractivity contribution in [1.82, 2.24) is 9.97 Å². The van der Waals surface area contributed by atoms with Crippen molar-refractivity contribution >= 4 is 17.4 Å². The molecule has 1 amide bonds. The van der Waals surface area contributed by atoms with Crippen molar-refractivity contribution in [3.8, 4) is 0 Å². The van der Waals surface area contributed by atoms with E-state index in [0.717, 1.165) is 5.69 Å². The molecule has 0 bridgehead atoms. The van der Waals surface area contributed by atoms with E-state index in [-0.39, 0.29) is 17.4 Å². The second kappa shape index (κ2) is 6.00. The number of amidine groups is 1. The van der Waals surface area contributed by atoms with Gasteiger partial charge >= 0.3 is 0 Å². The van der Waals surface area contributed by atoms with Gasteiger partial charge in [0.15, 0.2) is 5.84 Å². The second-order valence-electron chi connectivity index (χ2n) is 4.44. The number of nitrogens with two attached hydrogens (primary N) is 1. The van der Waals surface area contributed by atoms with Crippen molar-refractivity contribution in [1.29, 1.82) is 0 Å². The molecule has 0 unspecified atom stereocenters. The number of aromatic nitrogens is 2. The highest BCUT2D eigenvalue weighted by Crippen LogP contribution is 2.16. The first kappa shape index (κ1) is 14.4. The zero-order valence-electron chi connectivity index (χ0n) is 11.7. The maximum absolute atomic E-state index is 12.3. The molecule has 2 rings (SSSR count). The van der Waals surface area contributed by atoms with E-state index in [9.17, 15) is 4.79 Å². The average Bonchev–Trinajstić information content (AvgIpc) is 2.53. The van der Waals surface area contributed by atoms with Crippen LogP contribution in [0.4, 0.5) is 5.69 Å². The Balaban J connectivity index is 2.29. The van der Waals surface area contributed by atoms with Crippen LogP contribution >= 0.6 is 0 Å². The van der Waals surface area contributed by atoms with Crippen LogP contribution in [0.3, 0.4) is 0 Å². The van der Waals surface area contributed by atoms with Crippen LogP contribution in [0.5, 0.6) is 0 Å². The predicted octanol–water partition coefficient (Wildman–Crippen LogP) is 1.16. The minimum atomic E-state index is -0.292. The van der Waals surface area contributed by atoms with Crippen LogP contribution in [-0.4, -0.2) is 34.0 Å². The van der Waals surface area contributed by atoms with E-state index in [2.05, 4.69) is 15.1 Å². The van der Waals surface area contributed by atoms with E-state index < -0.39 is 0 Å². The van der Waals surface area contributed by atoms with Crippen LogP contribution in [0.1, 0.15) is 21.7 Å². The topological polar surface area (TPSA) is 105 Å². The van der Waals surface area contributed by atoms with E-state index in [1.807, 2.05) is 0 Å². The first-order valence-electron chi connectivity index (χ1n) is 6.17. The number of rotatable bonds is 3. The molecule has 7 nitrogen and oxygen atoms in total. The van der Waals surface area contributed by atoms with Gasteiger partial charge in [-0.3, -0.25) is 9.78 Å². The van der Waals surface area contributed by atoms with Gasteiger partial charge < -0.3 is 15.8 Å². The normalized spacial score (nSPS) is 11.2. The summed E-state index contributed by atoms with van der Waals surface area (Å²) in [7, 11) is 1.62. The first-order chi connectivity index (χ1) is 10.0. The molecule has 0 aliphatic heterocycles. The lowest BCUT2D eigenvalue weighted by atomic mass is 10.1. The van der Waals surface area contributed by atoms with E-state index >= 15 is 0 Å². The fraction of sp³-hybridized carbons (Fsp3) is 0.143. The molecule has 3 N–H and O–H groups in total. The first-order valence-corrected chi connectivity index (χ1v) is 6.17. The summed E-state index contributed by atoms with van der Waals surface area (Å²) < 4.78 is 0. The summed E-state index contributed by atoms with van der Waals surface area (Å²) in [5.74, 6) is -0.313. The molecule has 0 saturated carbocycles. The fourth-order valence-electron chi connectivity index (χ4n) is 1.72. The Labute approximate surface area is 121 Å². The number of carbonyl (C=O) groups excluding carboxylic acids is 1. The summed E-state index contributed by atoms with van der Waals surface area (Å²) in [5.41, 5.74) is 7.65. The number of aryl methyl sites for hydroxylation is 1. The summed E-state index contributed by atoms with van der Waals surface area (Å²) in [4.78, 5) is 21.9. The Morgan fingerprint density at radius 2 is 2.10 bits per heavy atom. The lowest BCUT2D eigenvalue weighted by molar-refractivity contribution is 0.0988. The standard InChI is InChI=1S/C14H15N5O2/c1-9-7-17-12(8-16-9)14(20)19(2)11-5-3-4-10(6-11)13(15)18-21/h3-8,21H,1-2H3,(H2,15,18). The highest BCUT2D eigenvalue weighted by atomic mass is 16.4. The Morgan fingerprint density at radius 3 is 2.71 bits per heavy atom. The van der Waals surface area contributed by atoms with Gasteiger partial charge in [-0.15, -0.1) is 0 Å². The van der Waals surface area contributed by atoms with Crippen LogP contribution in [0.25, 0.3) is 0 Å². The SMILES string of the molecule is Cc1cnc(C(=O)N(C)c2cccc(C(N)=NO)c2)cn1. The van der Waals surface area contributed by atoms with Crippen molar-refractivity contribution in [3.63, 3.8) is 0 Å². The largest absolute Gasteiger partial charge is 0.409 e. The molecule has 0 radical (unpaired) electrons. The van der Waals surface area contributed by atoms with Crippen LogP contribution in [-0.2, 0) is 0 Å². The third-order valence-electron chi connectivity index (χ3n) is 2.94. The van der Waals surface area contributed by atoms with E-state index in [0.29, 0.717) is 11.3 Å². The molecule has 1 aromatic carbocycles. The molecule has 7 heteroatoms. The van der Waals surface area contributed by atoms with Crippen molar-refractivity contribution in [2.24, 2.45) is 10.9 Å². The second-order valence-corrected chi connectivity index (χ2v) is 4.44. The van der Waals surface area contributed by atoms with Crippen molar-refractivity contribution in [2.75, 3.05) is 11.9 Å². The lowest BCUT2D eigenvalue weighted by Crippen LogP contribution is -2.27. The predicted molar refractivity (Wildman–Crippen MR) is 78.5 cm³/mol. The maximum Gasteiger partial charge on any atom is 0.278 e. The highest BCUT2D eigenvalue weighted by Gasteiger charge is 2.15. The Hall–Kier alpha value is -2.96. The quantitative estimate of drug-likeness (QED) is 0.381. The molecule has 1 heterocycles. The third kappa shape index (κ3) is 3.14. The van der Waals surface area contributed by atoms with Gasteiger partial charge in [-0.1, -0.05) is 17.3 Å². The Kier molecular flexibility index (Phi) is 4.13. The number of anilines is 1. The molecule has 1 aromatic heterocycles. The lowest BCUT2D eigenvalue weighted by Gasteiger charge is -2.17. The van der Waals surface area contributed by atoms with E-state index in [1.165, 1.54) is 17.3 Å². The molecule has 2 aromatic rings. The molecule has 21 heavy (non-hydrogen) atoms. The van der Waals surface area contributed by atoms with E-state index in [1.54, 1.807) is 38.2 Å². The summed E-state index contributed by atoms with van der Waals surface area (Å²) in [6.45, 7) is 1.80. The number of oxime groups is 1. The zero-order valence-corrected chi connectivity index (χ0v) is 11.7. The minimum Gasteiger partial charge on any atom is -0.409 e. The van der Waals surface area contributed by atoms with Gasteiger partial charge in [-0.2, -0.15) is 0 Å². The van der Waals surface area contributed by atoms with E-state index in [4.69, 9.17) is 10.9 Å². The molecule has 0 saturated heterocycles. The van der Waals surface area contributed by atoms with Crippen LogP contribution < -0.4 is 10.6 Å². The van der Waals surface area contributed by atoms with Crippen LogP contribution in [0, 0.1) is 6.92 Å². The molecule has 0 aliphatic carbocycles. The molecule has 0 atom stereocenters. The minimum absolute atomic E-state index is 0.0205. The smallest absolute Gasteiger partial charge is 0.278 e. The van der Waals surface area contributed by atoms with Crippen LogP contribution in [0.2, 0.25) is 0 Å². The van der Waals surface area contributed by atoms with Crippen molar-refractivity contribution in [3.05, 3.63) is 53.6 Å². The van der Waals surface area contributed by atoms with Crippen molar-refractivity contribution < 1.29 is 10.0 Å². The number of hydrogen-bond donors (Lipinski definition) is 2. The summed E-state index contributed by atoms with van der Waals surface area (Å²) in [6.07, 6.45) is 2.97. The monoisotopic (exact) mass is 285 g/mol. The number of carbonyl (C=O) groups is 1. The van der Waals surface area contributed by atoms with Crippen molar-refractivity contribution in [2.45, 2.75) is 6.92 Å². The van der Waals surface area contributed by atoms with Gasteiger partial charge in [-0.25, -0.2) is 4.98 Å². The molecular weight excluding hydrogens is 270 g/mol. The zero-order chi connectivity index (χ0) is 15.4. The highest BCUT2D eigenvalue weighted by molar-refractivity contribution is 6.05. The van der Waals surface area contributed by atoms with Crippen LogP contribution in [0.15, 0.2) is 41.8 Å². The summed E-state index contributed by atoms with van der Waals surface area (Å²) >= 11 is 0. The molecular formula is C14H15N5O2. The fourth-order valence-corrected chi connectivity index (χ4v) is 1.72. The third-order valence-corrected chi connectivity index (χ3v) is 2.94. The van der Waals surface area contributed by atoms with Gasteiger partial charge in [0, 0.05) is 24.5 Å². The van der Waals surface area contributed by atoms with Gasteiger partial charge in [-0.05, 0) is 19.1 Å². The van der Waals surface area contributed by atoms with Gasteiger partial charge in [0.1, 0.15) is 5.69 Å². The molecule has 0 fully saturated rings. The average molecular weight is 285 g/mol.